The number of nitrogens with one attached hydrogen (secondary N) is 3. The second-order valence-electron chi connectivity index (χ2n) is 20.4. The van der Waals surface area contributed by atoms with Gasteiger partial charge in [-0.1, -0.05) is 26.8 Å². The van der Waals surface area contributed by atoms with Crippen LogP contribution in [0.5, 0.6) is 0 Å². The van der Waals surface area contributed by atoms with E-state index < -0.39 is 45.4 Å². The fourth-order valence-electron chi connectivity index (χ4n) is 8.70. The molecule has 0 spiro atoms. The van der Waals surface area contributed by atoms with Crippen LogP contribution >= 0.6 is 12.0 Å². The number of hydrogen-bond donors (Lipinski definition) is 4. The Kier molecular flexibility index (Phi) is 22.6. The van der Waals surface area contributed by atoms with Gasteiger partial charge in [-0.2, -0.15) is 30.5 Å². The predicted octanol–water partition coefficient (Wildman–Crippen LogP) is 6.05. The van der Waals surface area contributed by atoms with Gasteiger partial charge in [-0.3, -0.25) is 19.2 Å². The molecule has 18 nitrogen and oxygen atoms in total. The van der Waals surface area contributed by atoms with Crippen LogP contribution in [0.2, 0.25) is 0 Å². The Hall–Kier alpha value is -5.04. The maximum absolute atomic E-state index is 12.8. The number of ether oxygens (including phenoxy) is 1. The summed E-state index contributed by atoms with van der Waals surface area (Å²) in [7, 11) is -0.160. The number of allylic oxidation sites excluding steroid dienone is 4. The summed E-state index contributed by atoms with van der Waals surface area (Å²) in [4.78, 5) is 49.2. The third kappa shape index (κ3) is 18.4. The van der Waals surface area contributed by atoms with E-state index in [9.17, 15) is 45.8 Å². The lowest BCUT2D eigenvalue weighted by atomic mass is 9.81. The SMILES string of the molecule is CCC(NC(=O)OC(C)(C)C)C(=O)NCCC[N+](C)(C)CCCNC(=O)CCCCC[N+]1=C(C=CC=C2N(CC)c3ccc(SOO[O-])cc3C2(C)C)C(C)(C)c2cc(S(=O)(=O)O)ccc21.O=C([O-])C(F)(F)F. The molecule has 23 heteroatoms. The lowest BCUT2D eigenvalue weighted by molar-refractivity contribution is -0.890. The first-order valence-electron chi connectivity index (χ1n) is 24.2. The molecule has 0 aliphatic carbocycles. The van der Waals surface area contributed by atoms with E-state index in [0.717, 1.165) is 101 Å². The van der Waals surface area contributed by atoms with E-state index in [1.165, 1.54) is 6.07 Å². The average molecular weight is 1070 g/mol. The molecule has 73 heavy (non-hydrogen) atoms. The number of amides is 3. The molecule has 2 aliphatic heterocycles. The molecule has 0 radical (unpaired) electrons. The van der Waals surface area contributed by atoms with Crippen LogP contribution in [0.1, 0.15) is 118 Å². The van der Waals surface area contributed by atoms with Gasteiger partial charge in [-0.15, -0.1) is 0 Å². The summed E-state index contributed by atoms with van der Waals surface area (Å²) >= 11 is 0.862. The number of benzene rings is 2. The van der Waals surface area contributed by atoms with E-state index in [4.69, 9.17) is 14.6 Å². The molecule has 0 fully saturated rings. The molecule has 4 rings (SSSR count). The van der Waals surface area contributed by atoms with Crippen LogP contribution in [0.3, 0.4) is 0 Å². The van der Waals surface area contributed by atoms with Crippen molar-refractivity contribution in [3.63, 3.8) is 0 Å². The first-order valence-corrected chi connectivity index (χ1v) is 26.3. The molecule has 0 saturated carbocycles. The number of anilines is 1. The normalized spacial score (nSPS) is 16.2. The third-order valence-electron chi connectivity index (χ3n) is 12.4. The second kappa shape index (κ2) is 26.4. The number of carbonyl (C=O) groups is 4. The van der Waals surface area contributed by atoms with Crippen molar-refractivity contribution in [2.24, 2.45) is 0 Å². The molecule has 2 aromatic carbocycles. The number of alkyl carbamates (subject to hydrolysis) is 1. The molecule has 4 N–H and O–H groups in total. The zero-order chi connectivity index (χ0) is 55.2. The molecule has 0 saturated heterocycles. The predicted molar refractivity (Wildman–Crippen MR) is 267 cm³/mol. The zero-order valence-corrected chi connectivity index (χ0v) is 45.3. The highest BCUT2D eigenvalue weighted by Crippen LogP contribution is 2.49. The average Bonchev–Trinajstić information content (AvgIpc) is 3.63. The summed E-state index contributed by atoms with van der Waals surface area (Å²) in [5.74, 6) is -3.23. The molecular formula is C50H73F3N6O12S2. The van der Waals surface area contributed by atoms with Gasteiger partial charge in [0.15, 0.2) is 5.71 Å². The smallest absolute Gasteiger partial charge is 0.430 e. The van der Waals surface area contributed by atoms with Crippen LogP contribution in [0.4, 0.5) is 29.3 Å². The number of quaternary nitrogens is 1. The summed E-state index contributed by atoms with van der Waals surface area (Å²) in [6.07, 6.45) is 5.17. The Bertz CT molecular complexity index is 2470. The standard InChI is InChI=1S/C48H72N6O10S2.C2HF3O2/c1-12-38(51-45(57)62-46(3,4)5)44(56)50-28-19-31-54(10,11)30-18-27-49-43(55)22-15-14-16-29-53-40-26-24-35(66(59,60)61)33-37(40)48(8,9)42(53)21-17-20-41-47(6,7)36-32-34(65-64-63-58)23-25-39(36)52(41)13-2;3-2(4,5)1(6)7/h17,20-21,23-26,32-33,38H,12-16,18-19,22,27-31H2,1-11H3,(H3-2,49,50,51,55,56,57,58,59,60,61);(H,6,7). The van der Waals surface area contributed by atoms with Gasteiger partial charge < -0.3 is 45.2 Å². The number of carbonyl (C=O) groups excluding carboxylic acids is 4. The quantitative estimate of drug-likeness (QED) is 0.0178. The number of likely N-dealkylation sites (N-methyl/N-ethyl adjacent to an activating group) is 1. The molecule has 1 atom stereocenters. The summed E-state index contributed by atoms with van der Waals surface area (Å²) in [6.45, 7) is 21.8. The highest BCUT2D eigenvalue weighted by Gasteiger charge is 2.45. The van der Waals surface area contributed by atoms with Crippen LogP contribution in [0.15, 0.2) is 70.1 Å². The zero-order valence-electron chi connectivity index (χ0n) is 43.7. The minimum Gasteiger partial charge on any atom is -0.691 e. The van der Waals surface area contributed by atoms with Crippen molar-refractivity contribution in [2.75, 3.05) is 58.3 Å². The molecule has 1 unspecified atom stereocenters. The Labute approximate surface area is 431 Å². The minimum atomic E-state index is -5.19. The Morgan fingerprint density at radius 3 is 2.11 bits per heavy atom. The number of fused-ring (bicyclic) bond motifs is 2. The van der Waals surface area contributed by atoms with Crippen LogP contribution in [-0.4, -0.2) is 123 Å². The van der Waals surface area contributed by atoms with E-state index in [1.54, 1.807) is 32.9 Å². The third-order valence-corrected chi connectivity index (χ3v) is 13.9. The summed E-state index contributed by atoms with van der Waals surface area (Å²) < 4.78 is 78.7. The summed E-state index contributed by atoms with van der Waals surface area (Å²) in [6, 6.07) is 10.0. The number of hydrogen-bond acceptors (Lipinski definition) is 13. The lowest BCUT2D eigenvalue weighted by Gasteiger charge is -2.30. The van der Waals surface area contributed by atoms with Gasteiger partial charge in [-0.05, 0) is 103 Å². The van der Waals surface area contributed by atoms with Crippen molar-refractivity contribution >= 4 is 63.1 Å². The van der Waals surface area contributed by atoms with Gasteiger partial charge in [0.1, 0.15) is 24.2 Å². The summed E-state index contributed by atoms with van der Waals surface area (Å²) in [5.41, 5.74) is 4.28. The fourth-order valence-corrected chi connectivity index (χ4v) is 9.60. The number of nitrogens with zero attached hydrogens (tertiary/aromatic N) is 3. The molecule has 2 heterocycles. The van der Waals surface area contributed by atoms with Gasteiger partial charge in [0, 0.05) is 84.7 Å². The Balaban J connectivity index is 0.00000187. The maximum Gasteiger partial charge on any atom is 0.430 e. The number of unbranched alkanes of at least 4 members (excludes halogenated alkanes) is 2. The van der Waals surface area contributed by atoms with E-state index in [1.807, 2.05) is 31.2 Å². The number of halogens is 3. The van der Waals surface area contributed by atoms with Crippen LogP contribution in [0, 0.1) is 0 Å². The lowest BCUT2D eigenvalue weighted by Crippen LogP contribution is -2.48. The van der Waals surface area contributed by atoms with Gasteiger partial charge in [0.25, 0.3) is 10.1 Å². The van der Waals surface area contributed by atoms with Crippen LogP contribution in [-0.2, 0) is 49.4 Å². The number of carboxylic acid groups (broad SMARTS) is 1. The second-order valence-corrected chi connectivity index (χ2v) is 22.6. The molecule has 0 bridgehead atoms. The van der Waals surface area contributed by atoms with E-state index in [2.05, 4.69) is 95.7 Å². The van der Waals surface area contributed by atoms with E-state index in [0.29, 0.717) is 38.9 Å². The number of alkyl halides is 3. The molecular weight excluding hydrogens is 998 g/mol. The minimum absolute atomic E-state index is 0.0139. The van der Waals surface area contributed by atoms with Crippen molar-refractivity contribution in [1.82, 2.24) is 16.0 Å². The van der Waals surface area contributed by atoms with Gasteiger partial charge in [0.05, 0.1) is 49.5 Å². The number of rotatable bonds is 24. The van der Waals surface area contributed by atoms with Crippen molar-refractivity contribution in [3.8, 4) is 0 Å². The molecule has 2 aliphatic rings. The Morgan fingerprint density at radius 1 is 0.918 bits per heavy atom. The van der Waals surface area contributed by atoms with Gasteiger partial charge >= 0.3 is 12.3 Å². The van der Waals surface area contributed by atoms with E-state index >= 15 is 0 Å². The van der Waals surface area contributed by atoms with Crippen molar-refractivity contribution < 1.29 is 78.9 Å². The monoisotopic (exact) mass is 1070 g/mol. The first kappa shape index (κ1) is 62.3. The largest absolute Gasteiger partial charge is 0.691 e. The Morgan fingerprint density at radius 2 is 1.55 bits per heavy atom. The highest BCUT2D eigenvalue weighted by molar-refractivity contribution is 7.94. The van der Waals surface area contributed by atoms with Gasteiger partial charge in [-0.25, -0.2) is 4.79 Å². The van der Waals surface area contributed by atoms with Crippen molar-refractivity contribution in [2.45, 2.75) is 146 Å². The molecule has 3 amide bonds. The van der Waals surface area contributed by atoms with Crippen molar-refractivity contribution in [3.05, 3.63) is 71.5 Å². The number of carboxylic acids is 1. The number of aliphatic carboxylic acids is 1. The molecule has 2 aromatic rings. The van der Waals surface area contributed by atoms with E-state index in [-0.39, 0.29) is 22.1 Å². The van der Waals surface area contributed by atoms with Crippen LogP contribution in [0.25, 0.3) is 0 Å². The molecule has 0 aromatic heterocycles. The highest BCUT2D eigenvalue weighted by atomic mass is 32.2. The molecule has 408 valence electrons. The topological polar surface area (TPSA) is 239 Å². The fraction of sp³-hybridized carbons (Fsp3) is 0.580. The van der Waals surface area contributed by atoms with Crippen LogP contribution < -0.4 is 31.2 Å². The summed E-state index contributed by atoms with van der Waals surface area (Å²) in [5, 5.41) is 31.4. The maximum atomic E-state index is 12.8. The van der Waals surface area contributed by atoms with Crippen molar-refractivity contribution in [1.29, 1.82) is 0 Å². The first-order chi connectivity index (χ1) is 33.8. The van der Waals surface area contributed by atoms with Gasteiger partial charge in [0.2, 0.25) is 17.5 Å².